The molecule has 1 amide bonds. The number of carbonyl (C=O) groups excluding carboxylic acids is 1. The number of ether oxygens (including phenoxy) is 2. The summed E-state index contributed by atoms with van der Waals surface area (Å²) < 4.78 is 13.7. The van der Waals surface area contributed by atoms with Gasteiger partial charge in [-0.3, -0.25) is 10.1 Å². The molecule has 0 bridgehead atoms. The highest BCUT2D eigenvalue weighted by Crippen LogP contribution is 2.29. The summed E-state index contributed by atoms with van der Waals surface area (Å²) in [7, 11) is 3.81. The summed E-state index contributed by atoms with van der Waals surface area (Å²) in [6.45, 7) is 3.94. The zero-order valence-electron chi connectivity index (χ0n) is 25.5. The van der Waals surface area contributed by atoms with Gasteiger partial charge in [0, 0.05) is 26.2 Å². The van der Waals surface area contributed by atoms with Crippen molar-refractivity contribution in [2.24, 2.45) is 0 Å². The molecule has 4 rings (SSSR count). The van der Waals surface area contributed by atoms with Crippen molar-refractivity contribution >= 4 is 5.91 Å². The fraction of sp³-hybridized carbons (Fsp3) is 0.531. The van der Waals surface area contributed by atoms with Gasteiger partial charge in [-0.05, 0) is 75.1 Å². The van der Waals surface area contributed by atoms with E-state index in [2.05, 4.69) is 43.7 Å². The zero-order valence-corrected chi connectivity index (χ0v) is 25.5. The topological polar surface area (TPSA) is 135 Å². The number of amides is 1. The second-order valence-electron chi connectivity index (χ2n) is 10.9. The number of aryl methyl sites for hydroxylation is 1. The molecule has 0 saturated carbocycles. The molecule has 2 atom stereocenters. The van der Waals surface area contributed by atoms with Gasteiger partial charge in [-0.25, -0.2) is 4.68 Å². The molecule has 2 unspecified atom stereocenters. The summed E-state index contributed by atoms with van der Waals surface area (Å²) >= 11 is 0. The minimum Gasteiger partial charge on any atom is -0.492 e. The highest BCUT2D eigenvalue weighted by molar-refractivity contribution is 5.77. The number of aliphatic hydroxyl groups is 1. The maximum atomic E-state index is 12.6. The van der Waals surface area contributed by atoms with Gasteiger partial charge in [0.05, 0.1) is 5.69 Å². The first kappa shape index (κ1) is 32.6. The number of benzene rings is 2. The van der Waals surface area contributed by atoms with E-state index in [-0.39, 0.29) is 18.6 Å². The van der Waals surface area contributed by atoms with Crippen LogP contribution in [0.15, 0.2) is 48.5 Å². The molecule has 11 heteroatoms. The van der Waals surface area contributed by atoms with Gasteiger partial charge in [-0.2, -0.15) is 0 Å². The monoisotopic (exact) mass is 593 g/mol. The van der Waals surface area contributed by atoms with E-state index in [1.807, 2.05) is 55.2 Å². The van der Waals surface area contributed by atoms with E-state index < -0.39 is 6.23 Å². The van der Waals surface area contributed by atoms with Crippen LogP contribution in [0.5, 0.6) is 5.75 Å². The van der Waals surface area contributed by atoms with Crippen LogP contribution in [0.3, 0.4) is 0 Å². The first-order valence-electron chi connectivity index (χ1n) is 15.4. The average molecular weight is 594 g/mol. The van der Waals surface area contributed by atoms with Crippen molar-refractivity contribution in [3.63, 3.8) is 0 Å². The lowest BCUT2D eigenvalue weighted by atomic mass is 9.99. The van der Waals surface area contributed by atoms with Crippen molar-refractivity contribution in [3.8, 4) is 5.75 Å². The molecule has 1 aliphatic carbocycles. The molecule has 0 radical (unpaired) electrons. The van der Waals surface area contributed by atoms with Crippen LogP contribution in [-0.2, 0) is 35.6 Å². The number of fused-ring (bicyclic) bond motifs is 1. The summed E-state index contributed by atoms with van der Waals surface area (Å²) in [6, 6.07) is 15.7. The number of aromatic nitrogens is 3. The van der Waals surface area contributed by atoms with E-state index >= 15 is 0 Å². The van der Waals surface area contributed by atoms with Crippen molar-refractivity contribution in [2.45, 2.75) is 70.5 Å². The van der Waals surface area contributed by atoms with Gasteiger partial charge in [0.25, 0.3) is 0 Å². The minimum absolute atomic E-state index is 0.0142. The van der Waals surface area contributed by atoms with E-state index in [0.717, 1.165) is 79.9 Å². The molecule has 2 aromatic carbocycles. The molecule has 1 aliphatic rings. The molecule has 3 aromatic rings. The number of hydrogen-bond acceptors (Lipinski definition) is 9. The van der Waals surface area contributed by atoms with E-state index in [4.69, 9.17) is 9.47 Å². The Morgan fingerprint density at radius 2 is 1.77 bits per heavy atom. The predicted molar refractivity (Wildman–Crippen MR) is 165 cm³/mol. The van der Waals surface area contributed by atoms with Crippen LogP contribution in [-0.4, -0.2) is 66.4 Å². The standard InChI is InChI=1S/C32H47N7O4/c1-33-18-20-42-27-15-13-26(14-16-27)32(41)35-17-6-19-39-28-7-4-3-5-8-29(31(28)37-38-39)43-23-30(40)36-22-25-11-9-24(10-12-25)21-34-2/h9-16,29,32-35,41H,3-8,17-23H2,1-2H3,(H,36,40). The Morgan fingerprint density at radius 1 is 1.00 bits per heavy atom. The van der Waals surface area contributed by atoms with Gasteiger partial charge >= 0.3 is 0 Å². The van der Waals surface area contributed by atoms with Crippen molar-refractivity contribution in [1.82, 2.24) is 36.3 Å². The number of nitrogens with zero attached hydrogens (tertiary/aromatic N) is 3. The van der Waals surface area contributed by atoms with Gasteiger partial charge in [-0.1, -0.05) is 54.5 Å². The lowest BCUT2D eigenvalue weighted by Gasteiger charge is -2.20. The third-order valence-electron chi connectivity index (χ3n) is 7.56. The Balaban J connectivity index is 1.22. The first-order valence-corrected chi connectivity index (χ1v) is 15.4. The lowest BCUT2D eigenvalue weighted by Crippen LogP contribution is -2.28. The molecule has 11 nitrogen and oxygen atoms in total. The minimum atomic E-state index is -0.760. The van der Waals surface area contributed by atoms with Crippen LogP contribution >= 0.6 is 0 Å². The molecule has 5 N–H and O–H groups in total. The van der Waals surface area contributed by atoms with Crippen LogP contribution in [0, 0.1) is 0 Å². The maximum Gasteiger partial charge on any atom is 0.246 e. The molecule has 1 heterocycles. The number of hydrogen-bond donors (Lipinski definition) is 5. The van der Waals surface area contributed by atoms with Crippen molar-refractivity contribution in [1.29, 1.82) is 0 Å². The fourth-order valence-electron chi connectivity index (χ4n) is 5.14. The van der Waals surface area contributed by atoms with Gasteiger partial charge in [0.15, 0.2) is 0 Å². The molecule has 0 fully saturated rings. The lowest BCUT2D eigenvalue weighted by molar-refractivity contribution is -0.128. The van der Waals surface area contributed by atoms with E-state index in [1.54, 1.807) is 0 Å². The number of rotatable bonds is 17. The third-order valence-corrected chi connectivity index (χ3v) is 7.56. The average Bonchev–Trinajstić information content (AvgIpc) is 3.40. The van der Waals surface area contributed by atoms with Crippen molar-refractivity contribution < 1.29 is 19.4 Å². The highest BCUT2D eigenvalue weighted by Gasteiger charge is 2.25. The smallest absolute Gasteiger partial charge is 0.246 e. The number of likely N-dealkylation sites (N-methyl/N-ethyl adjacent to an activating group) is 1. The number of aliphatic hydroxyl groups excluding tert-OH is 1. The first-order chi connectivity index (χ1) is 21.1. The molecule has 1 aromatic heterocycles. The third kappa shape index (κ3) is 10.4. The number of carbonyl (C=O) groups is 1. The Bertz CT molecular complexity index is 1230. The van der Waals surface area contributed by atoms with Crippen LogP contribution < -0.4 is 26.0 Å². The van der Waals surface area contributed by atoms with Gasteiger partial charge in [-0.15, -0.1) is 5.10 Å². The summed E-state index contributed by atoms with van der Waals surface area (Å²) in [5.74, 6) is 0.638. The number of nitrogens with one attached hydrogen (secondary N) is 4. The van der Waals surface area contributed by atoms with Gasteiger partial charge in [0.2, 0.25) is 5.91 Å². The Morgan fingerprint density at radius 3 is 2.51 bits per heavy atom. The molecule has 234 valence electrons. The van der Waals surface area contributed by atoms with Crippen LogP contribution in [0.1, 0.15) is 72.5 Å². The van der Waals surface area contributed by atoms with E-state index in [0.29, 0.717) is 26.2 Å². The summed E-state index contributed by atoms with van der Waals surface area (Å²) in [5.41, 5.74) is 4.97. The Kier molecular flexibility index (Phi) is 13.4. The predicted octanol–water partition coefficient (Wildman–Crippen LogP) is 2.76. The van der Waals surface area contributed by atoms with Gasteiger partial charge < -0.3 is 30.5 Å². The summed E-state index contributed by atoms with van der Waals surface area (Å²) in [4.78, 5) is 12.6. The SMILES string of the molecule is CNCCOc1ccc(C(O)NCCCn2nnc3c2CCCCCC3OCC(=O)NCc2ccc(CNC)cc2)cc1. The van der Waals surface area contributed by atoms with Crippen molar-refractivity contribution in [2.75, 3.05) is 40.4 Å². The molecule has 0 spiro atoms. The quantitative estimate of drug-likeness (QED) is 0.118. The van der Waals surface area contributed by atoms with Gasteiger partial charge in [0.1, 0.15) is 37.0 Å². The Labute approximate surface area is 254 Å². The molecule has 0 aliphatic heterocycles. The summed E-state index contributed by atoms with van der Waals surface area (Å²) in [5, 5.41) is 31.8. The van der Waals surface area contributed by atoms with Crippen molar-refractivity contribution in [3.05, 3.63) is 76.6 Å². The molecular weight excluding hydrogens is 546 g/mol. The largest absolute Gasteiger partial charge is 0.492 e. The summed E-state index contributed by atoms with van der Waals surface area (Å²) in [6.07, 6.45) is 4.68. The van der Waals surface area contributed by atoms with E-state index in [1.165, 1.54) is 5.56 Å². The normalized spacial score (nSPS) is 15.7. The second kappa shape index (κ2) is 17.7. The zero-order chi connectivity index (χ0) is 30.3. The van der Waals surface area contributed by atoms with Crippen LogP contribution in [0.4, 0.5) is 0 Å². The second-order valence-corrected chi connectivity index (χ2v) is 10.9. The van der Waals surface area contributed by atoms with Crippen LogP contribution in [0.2, 0.25) is 0 Å². The Hall–Kier alpha value is -3.35. The molecule has 0 saturated heterocycles. The maximum absolute atomic E-state index is 12.6. The molecule has 43 heavy (non-hydrogen) atoms. The van der Waals surface area contributed by atoms with Crippen LogP contribution in [0.25, 0.3) is 0 Å². The fourth-order valence-corrected chi connectivity index (χ4v) is 5.14. The van der Waals surface area contributed by atoms with E-state index in [9.17, 15) is 9.90 Å². The molecular formula is C32H47N7O4. The highest BCUT2D eigenvalue weighted by atomic mass is 16.5.